The Bertz CT molecular complexity index is 483. The third-order valence-corrected chi connectivity index (χ3v) is 4.32. The van der Waals surface area contributed by atoms with E-state index in [1.807, 2.05) is 0 Å². The number of nitrogens with zero attached hydrogens (tertiary/aromatic N) is 2. The fraction of sp³-hybridized carbons (Fsp3) is 0.846. The quantitative estimate of drug-likeness (QED) is 0.913. The van der Waals surface area contributed by atoms with Gasteiger partial charge in [0.15, 0.2) is 0 Å². The first kappa shape index (κ1) is 17.5. The van der Waals surface area contributed by atoms with Crippen LogP contribution in [-0.4, -0.2) is 28.7 Å². The fourth-order valence-corrected chi connectivity index (χ4v) is 3.00. The van der Waals surface area contributed by atoms with Gasteiger partial charge in [0, 0.05) is 17.9 Å². The van der Waals surface area contributed by atoms with Crippen LogP contribution in [0.1, 0.15) is 62.1 Å². The summed E-state index contributed by atoms with van der Waals surface area (Å²) in [6.45, 7) is 0. The Morgan fingerprint density at radius 1 is 1.00 bits per heavy atom. The zero-order valence-corrected chi connectivity index (χ0v) is 12.7. The molecular formula is C13H19ClF3N3O2. The highest BCUT2D eigenvalue weighted by atomic mass is 35.5. The highest BCUT2D eigenvalue weighted by Crippen LogP contribution is 2.41. The van der Waals surface area contributed by atoms with E-state index in [1.165, 1.54) is 0 Å². The number of aromatic nitrogens is 2. The molecule has 0 amide bonds. The van der Waals surface area contributed by atoms with Crippen molar-refractivity contribution >= 4 is 12.4 Å². The van der Waals surface area contributed by atoms with Crippen LogP contribution in [0.15, 0.2) is 4.42 Å². The van der Waals surface area contributed by atoms with E-state index < -0.39 is 12.5 Å². The van der Waals surface area contributed by atoms with Crippen LogP contribution < -0.4 is 5.73 Å². The van der Waals surface area contributed by atoms with Gasteiger partial charge < -0.3 is 10.2 Å². The van der Waals surface area contributed by atoms with Gasteiger partial charge in [-0.3, -0.25) is 4.74 Å². The first-order chi connectivity index (χ1) is 9.90. The van der Waals surface area contributed by atoms with Crippen molar-refractivity contribution < 1.29 is 22.3 Å². The Labute approximate surface area is 132 Å². The molecule has 0 radical (unpaired) electrons. The standard InChI is InChI=1S/C13H18F3N3O2.ClH/c14-13(15,16)21-10-5-8(6-10)12-19-18-11(20-12)7-1-3-9(17)4-2-7;/h7-10H,1-6,17H2;1H. The molecule has 0 spiro atoms. The maximum atomic E-state index is 12.1. The zero-order chi connectivity index (χ0) is 15.0. The number of hydrogen-bond donors (Lipinski definition) is 1. The number of alkyl halides is 3. The van der Waals surface area contributed by atoms with E-state index in [4.69, 9.17) is 10.2 Å². The summed E-state index contributed by atoms with van der Waals surface area (Å²) < 4.78 is 45.8. The first-order valence-electron chi connectivity index (χ1n) is 7.24. The molecule has 9 heteroatoms. The number of nitrogens with two attached hydrogens (primary N) is 1. The molecule has 2 N–H and O–H groups in total. The first-order valence-corrected chi connectivity index (χ1v) is 7.24. The van der Waals surface area contributed by atoms with E-state index >= 15 is 0 Å². The molecule has 0 atom stereocenters. The maximum Gasteiger partial charge on any atom is 0.522 e. The number of rotatable bonds is 3. The maximum absolute atomic E-state index is 12.1. The summed E-state index contributed by atoms with van der Waals surface area (Å²) in [7, 11) is 0. The topological polar surface area (TPSA) is 74.2 Å². The molecule has 3 rings (SSSR count). The third-order valence-electron chi connectivity index (χ3n) is 4.32. The molecule has 1 aromatic heterocycles. The molecule has 0 saturated heterocycles. The molecule has 5 nitrogen and oxygen atoms in total. The summed E-state index contributed by atoms with van der Waals surface area (Å²) in [6.07, 6.45) is -1.09. The van der Waals surface area contributed by atoms with Gasteiger partial charge in [0.25, 0.3) is 0 Å². The number of hydrogen-bond acceptors (Lipinski definition) is 5. The van der Waals surface area contributed by atoms with Crippen LogP contribution in [0.2, 0.25) is 0 Å². The summed E-state index contributed by atoms with van der Waals surface area (Å²) in [5, 5.41) is 8.03. The van der Waals surface area contributed by atoms with Gasteiger partial charge >= 0.3 is 6.36 Å². The lowest BCUT2D eigenvalue weighted by Crippen LogP contribution is -2.34. The monoisotopic (exact) mass is 341 g/mol. The molecule has 0 bridgehead atoms. The lowest BCUT2D eigenvalue weighted by molar-refractivity contribution is -0.352. The molecule has 2 fully saturated rings. The van der Waals surface area contributed by atoms with E-state index in [2.05, 4.69) is 14.9 Å². The Hall–Kier alpha value is -0.860. The third kappa shape index (κ3) is 4.11. The second-order valence-corrected chi connectivity index (χ2v) is 5.94. The minimum Gasteiger partial charge on any atom is -0.425 e. The number of ether oxygens (including phenoxy) is 1. The van der Waals surface area contributed by atoms with Crippen molar-refractivity contribution in [2.45, 2.75) is 68.9 Å². The molecule has 22 heavy (non-hydrogen) atoms. The van der Waals surface area contributed by atoms with Crippen molar-refractivity contribution in [1.82, 2.24) is 10.2 Å². The SMILES string of the molecule is Cl.NC1CCC(c2nnc(C3CC(OC(F)(F)F)C3)o2)CC1. The van der Waals surface area contributed by atoms with Crippen LogP contribution in [0, 0.1) is 0 Å². The van der Waals surface area contributed by atoms with E-state index in [0.717, 1.165) is 25.7 Å². The van der Waals surface area contributed by atoms with Gasteiger partial charge in [0.1, 0.15) is 0 Å². The predicted octanol–water partition coefficient (Wildman–Crippen LogP) is 3.26. The van der Waals surface area contributed by atoms with Crippen LogP contribution in [0.3, 0.4) is 0 Å². The highest BCUT2D eigenvalue weighted by Gasteiger charge is 2.42. The predicted molar refractivity (Wildman–Crippen MR) is 73.6 cm³/mol. The summed E-state index contributed by atoms with van der Waals surface area (Å²) in [5.74, 6) is 1.14. The van der Waals surface area contributed by atoms with Gasteiger partial charge in [-0.2, -0.15) is 0 Å². The average molecular weight is 342 g/mol. The lowest BCUT2D eigenvalue weighted by Gasteiger charge is -2.32. The van der Waals surface area contributed by atoms with Gasteiger partial charge in [-0.05, 0) is 38.5 Å². The Balaban J connectivity index is 0.00000176. The van der Waals surface area contributed by atoms with Crippen LogP contribution in [-0.2, 0) is 4.74 Å². The highest BCUT2D eigenvalue weighted by molar-refractivity contribution is 5.85. The van der Waals surface area contributed by atoms with Crippen LogP contribution in [0.25, 0.3) is 0 Å². The summed E-state index contributed by atoms with van der Waals surface area (Å²) in [4.78, 5) is 0. The van der Waals surface area contributed by atoms with Crippen molar-refractivity contribution in [2.75, 3.05) is 0 Å². The van der Waals surface area contributed by atoms with Crippen LogP contribution in [0.5, 0.6) is 0 Å². The largest absolute Gasteiger partial charge is 0.522 e. The summed E-state index contributed by atoms with van der Waals surface area (Å²) in [5.41, 5.74) is 5.85. The second-order valence-electron chi connectivity index (χ2n) is 5.94. The molecule has 126 valence electrons. The van der Waals surface area contributed by atoms with E-state index in [9.17, 15) is 13.2 Å². The second kappa shape index (κ2) is 6.72. The zero-order valence-electron chi connectivity index (χ0n) is 11.9. The Morgan fingerprint density at radius 3 is 2.09 bits per heavy atom. The van der Waals surface area contributed by atoms with Gasteiger partial charge in [-0.15, -0.1) is 35.8 Å². The molecule has 2 aliphatic carbocycles. The average Bonchev–Trinajstić information content (AvgIpc) is 2.82. The Kier molecular flexibility index (Phi) is 5.34. The van der Waals surface area contributed by atoms with Crippen molar-refractivity contribution in [1.29, 1.82) is 0 Å². The minimum atomic E-state index is -4.57. The minimum absolute atomic E-state index is 0. The molecular weight excluding hydrogens is 323 g/mol. The normalized spacial score (nSPS) is 32.2. The molecule has 2 saturated carbocycles. The van der Waals surface area contributed by atoms with Crippen molar-refractivity contribution in [3.8, 4) is 0 Å². The van der Waals surface area contributed by atoms with Crippen LogP contribution >= 0.6 is 12.4 Å². The smallest absolute Gasteiger partial charge is 0.425 e. The fourth-order valence-electron chi connectivity index (χ4n) is 3.00. The molecule has 2 aliphatic rings. The molecule has 0 aromatic carbocycles. The van der Waals surface area contributed by atoms with Crippen LogP contribution in [0.4, 0.5) is 13.2 Å². The summed E-state index contributed by atoms with van der Waals surface area (Å²) >= 11 is 0. The van der Waals surface area contributed by atoms with E-state index in [-0.39, 0.29) is 43.1 Å². The molecule has 0 aliphatic heterocycles. The summed E-state index contributed by atoms with van der Waals surface area (Å²) in [6, 6.07) is 0.246. The number of halogens is 4. The van der Waals surface area contributed by atoms with Gasteiger partial charge in [0.05, 0.1) is 6.10 Å². The van der Waals surface area contributed by atoms with E-state index in [0.29, 0.717) is 11.8 Å². The molecule has 1 heterocycles. The Morgan fingerprint density at radius 2 is 1.55 bits per heavy atom. The van der Waals surface area contributed by atoms with Gasteiger partial charge in [-0.25, -0.2) is 0 Å². The van der Waals surface area contributed by atoms with Crippen molar-refractivity contribution in [2.24, 2.45) is 5.73 Å². The van der Waals surface area contributed by atoms with Gasteiger partial charge in [-0.1, -0.05) is 0 Å². The molecule has 1 aromatic rings. The van der Waals surface area contributed by atoms with Crippen molar-refractivity contribution in [3.05, 3.63) is 11.8 Å². The lowest BCUT2D eigenvalue weighted by atomic mass is 9.82. The van der Waals surface area contributed by atoms with Gasteiger partial charge in [0.2, 0.25) is 11.8 Å². The molecule has 0 unspecified atom stereocenters. The van der Waals surface area contributed by atoms with E-state index in [1.54, 1.807) is 0 Å². The van der Waals surface area contributed by atoms with Crippen molar-refractivity contribution in [3.63, 3.8) is 0 Å².